The first kappa shape index (κ1) is 16.6. The van der Waals surface area contributed by atoms with Crippen molar-refractivity contribution in [3.63, 3.8) is 0 Å². The summed E-state index contributed by atoms with van der Waals surface area (Å²) in [5, 5.41) is 20.5. The van der Waals surface area contributed by atoms with Gasteiger partial charge >= 0.3 is 0 Å². The Labute approximate surface area is 139 Å². The second kappa shape index (κ2) is 7.53. The zero-order valence-corrected chi connectivity index (χ0v) is 13.4. The molecule has 1 aromatic heterocycles. The number of aromatic nitrogens is 3. The molecular formula is C17H21FN4O2. The molecule has 1 aliphatic carbocycles. The Bertz CT molecular complexity index is 697. The van der Waals surface area contributed by atoms with E-state index < -0.39 is 6.10 Å². The van der Waals surface area contributed by atoms with Crippen LogP contribution in [-0.4, -0.2) is 38.7 Å². The van der Waals surface area contributed by atoms with Crippen LogP contribution in [0.1, 0.15) is 41.7 Å². The van der Waals surface area contributed by atoms with Gasteiger partial charge in [-0.05, 0) is 36.5 Å². The maximum atomic E-state index is 13.2. The molecule has 1 aromatic carbocycles. The number of nitrogens with zero attached hydrogens (tertiary/aromatic N) is 3. The van der Waals surface area contributed by atoms with E-state index in [4.69, 9.17) is 0 Å². The van der Waals surface area contributed by atoms with Crippen LogP contribution in [0.2, 0.25) is 0 Å². The third-order valence-electron chi connectivity index (χ3n) is 4.42. The lowest BCUT2D eigenvalue weighted by Gasteiger charge is -2.17. The topological polar surface area (TPSA) is 80.0 Å². The van der Waals surface area contributed by atoms with E-state index in [0.717, 1.165) is 31.2 Å². The van der Waals surface area contributed by atoms with Crippen LogP contribution < -0.4 is 5.32 Å². The summed E-state index contributed by atoms with van der Waals surface area (Å²) in [4.78, 5) is 12.1. The van der Waals surface area contributed by atoms with E-state index >= 15 is 0 Å². The van der Waals surface area contributed by atoms with E-state index in [2.05, 4.69) is 15.6 Å². The number of carbonyl (C=O) groups excluding carboxylic acids is 1. The fourth-order valence-corrected chi connectivity index (χ4v) is 3.10. The number of carbonyl (C=O) groups is 1. The zero-order chi connectivity index (χ0) is 16.9. The predicted molar refractivity (Wildman–Crippen MR) is 85.8 cm³/mol. The summed E-state index contributed by atoms with van der Waals surface area (Å²) >= 11 is 0. The van der Waals surface area contributed by atoms with Crippen molar-refractivity contribution in [2.45, 2.75) is 38.3 Å². The van der Waals surface area contributed by atoms with Crippen molar-refractivity contribution in [3.05, 3.63) is 47.5 Å². The molecule has 0 saturated heterocycles. The SMILES string of the molecule is O=C(NCC(O)C1CCCC1)c1cn(Cc2cccc(F)c2)nn1. The highest BCUT2D eigenvalue weighted by Crippen LogP contribution is 2.27. The van der Waals surface area contributed by atoms with E-state index in [0.29, 0.717) is 6.54 Å². The van der Waals surface area contributed by atoms with Gasteiger partial charge < -0.3 is 10.4 Å². The molecule has 1 saturated carbocycles. The van der Waals surface area contributed by atoms with E-state index in [9.17, 15) is 14.3 Å². The standard InChI is InChI=1S/C17H21FN4O2/c18-14-7-3-4-12(8-14)10-22-11-15(20-21-22)17(24)19-9-16(23)13-5-1-2-6-13/h3-4,7-8,11,13,16,23H,1-2,5-6,9-10H2,(H,19,24). The minimum absolute atomic E-state index is 0.185. The Hall–Kier alpha value is -2.28. The largest absolute Gasteiger partial charge is 0.391 e. The van der Waals surface area contributed by atoms with E-state index in [1.165, 1.54) is 23.0 Å². The lowest BCUT2D eigenvalue weighted by atomic mass is 10.0. The Kier molecular flexibility index (Phi) is 5.20. The number of aliphatic hydroxyl groups is 1. The molecule has 1 amide bonds. The summed E-state index contributed by atoms with van der Waals surface area (Å²) in [5.41, 5.74) is 0.925. The molecule has 0 spiro atoms. The van der Waals surface area contributed by atoms with Crippen molar-refractivity contribution in [1.82, 2.24) is 20.3 Å². The fraction of sp³-hybridized carbons (Fsp3) is 0.471. The molecule has 1 heterocycles. The van der Waals surface area contributed by atoms with Crippen molar-refractivity contribution < 1.29 is 14.3 Å². The minimum Gasteiger partial charge on any atom is -0.391 e. The summed E-state index contributed by atoms with van der Waals surface area (Å²) < 4.78 is 14.7. The van der Waals surface area contributed by atoms with Gasteiger partial charge in [0.25, 0.3) is 5.91 Å². The van der Waals surface area contributed by atoms with Crippen LogP contribution in [0.5, 0.6) is 0 Å². The van der Waals surface area contributed by atoms with Gasteiger partial charge in [-0.1, -0.05) is 30.2 Å². The molecule has 3 rings (SSSR count). The van der Waals surface area contributed by atoms with Gasteiger partial charge in [0.05, 0.1) is 18.8 Å². The van der Waals surface area contributed by atoms with Crippen LogP contribution in [0.25, 0.3) is 0 Å². The maximum Gasteiger partial charge on any atom is 0.273 e. The van der Waals surface area contributed by atoms with Gasteiger partial charge in [0.2, 0.25) is 0 Å². The lowest BCUT2D eigenvalue weighted by Crippen LogP contribution is -2.35. The first-order valence-corrected chi connectivity index (χ1v) is 8.22. The maximum absolute atomic E-state index is 13.2. The van der Waals surface area contributed by atoms with Crippen molar-refractivity contribution in [2.24, 2.45) is 5.92 Å². The average Bonchev–Trinajstić information content (AvgIpc) is 3.24. The van der Waals surface area contributed by atoms with Crippen molar-refractivity contribution in [2.75, 3.05) is 6.54 Å². The van der Waals surface area contributed by atoms with Crippen LogP contribution >= 0.6 is 0 Å². The molecule has 1 aliphatic rings. The second-order valence-electron chi connectivity index (χ2n) is 6.25. The number of amides is 1. The average molecular weight is 332 g/mol. The number of rotatable bonds is 6. The molecular weight excluding hydrogens is 311 g/mol. The lowest BCUT2D eigenvalue weighted by molar-refractivity contribution is 0.0836. The number of hydrogen-bond acceptors (Lipinski definition) is 4. The molecule has 1 fully saturated rings. The zero-order valence-electron chi connectivity index (χ0n) is 13.4. The van der Waals surface area contributed by atoms with Gasteiger partial charge in [0.1, 0.15) is 5.82 Å². The van der Waals surface area contributed by atoms with Crippen LogP contribution in [0.15, 0.2) is 30.5 Å². The molecule has 2 aromatic rings. The quantitative estimate of drug-likeness (QED) is 0.844. The van der Waals surface area contributed by atoms with Gasteiger partial charge in [-0.3, -0.25) is 4.79 Å². The Morgan fingerprint density at radius 3 is 2.96 bits per heavy atom. The monoisotopic (exact) mass is 332 g/mol. The van der Waals surface area contributed by atoms with Gasteiger partial charge in [0.15, 0.2) is 5.69 Å². The number of aliphatic hydroxyl groups excluding tert-OH is 1. The molecule has 24 heavy (non-hydrogen) atoms. The smallest absolute Gasteiger partial charge is 0.273 e. The van der Waals surface area contributed by atoms with Crippen LogP contribution in [0.3, 0.4) is 0 Å². The van der Waals surface area contributed by atoms with Gasteiger partial charge in [0, 0.05) is 6.54 Å². The predicted octanol–water partition coefficient (Wildman–Crippen LogP) is 1.75. The number of hydrogen-bond donors (Lipinski definition) is 2. The highest BCUT2D eigenvalue weighted by molar-refractivity contribution is 5.91. The Morgan fingerprint density at radius 2 is 2.21 bits per heavy atom. The van der Waals surface area contributed by atoms with Gasteiger partial charge in [-0.2, -0.15) is 0 Å². The Morgan fingerprint density at radius 1 is 1.42 bits per heavy atom. The first-order valence-electron chi connectivity index (χ1n) is 8.22. The molecule has 0 bridgehead atoms. The molecule has 6 nitrogen and oxygen atoms in total. The van der Waals surface area contributed by atoms with Gasteiger partial charge in [-0.25, -0.2) is 9.07 Å². The van der Waals surface area contributed by atoms with Crippen LogP contribution in [0.4, 0.5) is 4.39 Å². The van der Waals surface area contributed by atoms with E-state index in [-0.39, 0.29) is 29.9 Å². The van der Waals surface area contributed by atoms with Crippen molar-refractivity contribution in [3.8, 4) is 0 Å². The summed E-state index contributed by atoms with van der Waals surface area (Å²) in [6.45, 7) is 0.559. The molecule has 2 N–H and O–H groups in total. The third kappa shape index (κ3) is 4.17. The van der Waals surface area contributed by atoms with Crippen LogP contribution in [-0.2, 0) is 6.54 Å². The van der Waals surface area contributed by atoms with Crippen molar-refractivity contribution in [1.29, 1.82) is 0 Å². The third-order valence-corrected chi connectivity index (χ3v) is 4.42. The normalized spacial score (nSPS) is 16.2. The molecule has 7 heteroatoms. The number of nitrogens with one attached hydrogen (secondary N) is 1. The number of halogens is 1. The Balaban J connectivity index is 1.53. The van der Waals surface area contributed by atoms with Gasteiger partial charge in [-0.15, -0.1) is 5.10 Å². The molecule has 1 unspecified atom stereocenters. The molecule has 128 valence electrons. The number of benzene rings is 1. The summed E-state index contributed by atoms with van der Waals surface area (Å²) in [5.74, 6) is -0.405. The summed E-state index contributed by atoms with van der Waals surface area (Å²) in [6.07, 6.45) is 5.32. The highest BCUT2D eigenvalue weighted by Gasteiger charge is 2.23. The first-order chi connectivity index (χ1) is 11.6. The fourth-order valence-electron chi connectivity index (χ4n) is 3.10. The van der Waals surface area contributed by atoms with E-state index in [1.807, 2.05) is 0 Å². The van der Waals surface area contributed by atoms with Crippen LogP contribution in [0, 0.1) is 11.7 Å². The summed E-state index contributed by atoms with van der Waals surface area (Å²) in [6, 6.07) is 6.20. The van der Waals surface area contributed by atoms with Crippen molar-refractivity contribution >= 4 is 5.91 Å². The molecule has 0 radical (unpaired) electrons. The summed E-state index contributed by atoms with van der Waals surface area (Å²) in [7, 11) is 0. The van der Waals surface area contributed by atoms with E-state index in [1.54, 1.807) is 12.1 Å². The highest BCUT2D eigenvalue weighted by atomic mass is 19.1. The molecule has 1 atom stereocenters. The second-order valence-corrected chi connectivity index (χ2v) is 6.25. The molecule has 0 aliphatic heterocycles. The minimum atomic E-state index is -0.515.